The van der Waals surface area contributed by atoms with Gasteiger partial charge in [-0.3, -0.25) is 9.59 Å². The summed E-state index contributed by atoms with van der Waals surface area (Å²) in [7, 11) is 0. The fourth-order valence-electron chi connectivity index (χ4n) is 2.33. The number of rotatable bonds is 6. The van der Waals surface area contributed by atoms with Crippen molar-refractivity contribution in [2.24, 2.45) is 17.4 Å². The number of hydrogen-bond donors (Lipinski definition) is 2. The van der Waals surface area contributed by atoms with Crippen LogP contribution in [0.3, 0.4) is 0 Å². The van der Waals surface area contributed by atoms with Crippen molar-refractivity contribution in [3.05, 3.63) is 35.4 Å². The summed E-state index contributed by atoms with van der Waals surface area (Å²) in [5.74, 6) is -2.65. The molecule has 1 aromatic carbocycles. The molecule has 7 heteroatoms. The molecule has 0 aromatic heterocycles. The number of hydrogen-bond acceptors (Lipinski definition) is 2. The molecular formula is C14H17F3N2O2. The van der Waals surface area contributed by atoms with E-state index < -0.39 is 35.4 Å². The number of amides is 2. The van der Waals surface area contributed by atoms with Gasteiger partial charge >= 0.3 is 6.18 Å². The van der Waals surface area contributed by atoms with E-state index in [2.05, 4.69) is 0 Å². The predicted octanol–water partition coefficient (Wildman–Crippen LogP) is 2.18. The summed E-state index contributed by atoms with van der Waals surface area (Å²) in [6.45, 7) is 1.76. The highest BCUT2D eigenvalue weighted by Gasteiger charge is 2.32. The van der Waals surface area contributed by atoms with Gasteiger partial charge < -0.3 is 11.5 Å². The number of benzene rings is 1. The van der Waals surface area contributed by atoms with Crippen LogP contribution in [0.4, 0.5) is 13.2 Å². The van der Waals surface area contributed by atoms with Gasteiger partial charge in [0.1, 0.15) is 0 Å². The molecule has 2 atom stereocenters. The highest BCUT2D eigenvalue weighted by atomic mass is 19.4. The highest BCUT2D eigenvalue weighted by Crippen LogP contribution is 2.34. The second-order valence-corrected chi connectivity index (χ2v) is 4.81. The lowest BCUT2D eigenvalue weighted by Crippen LogP contribution is -2.32. The Hall–Kier alpha value is -2.05. The van der Waals surface area contributed by atoms with E-state index in [9.17, 15) is 22.8 Å². The van der Waals surface area contributed by atoms with Crippen LogP contribution < -0.4 is 11.5 Å². The van der Waals surface area contributed by atoms with Gasteiger partial charge in [-0.15, -0.1) is 0 Å². The molecule has 0 radical (unpaired) electrons. The molecule has 0 saturated carbocycles. The molecular weight excluding hydrogens is 285 g/mol. The third kappa shape index (κ3) is 4.47. The first kappa shape index (κ1) is 17.0. The quantitative estimate of drug-likeness (QED) is 0.843. The third-order valence-electron chi connectivity index (χ3n) is 3.38. The maximum atomic E-state index is 12.5. The molecule has 2 amide bonds. The number of nitrogens with two attached hydrogens (primary N) is 2. The van der Waals surface area contributed by atoms with E-state index in [1.54, 1.807) is 6.92 Å². The maximum Gasteiger partial charge on any atom is 0.416 e. The first-order valence-corrected chi connectivity index (χ1v) is 6.41. The minimum atomic E-state index is -4.42. The lowest BCUT2D eigenvalue weighted by molar-refractivity contribution is -0.137. The molecule has 0 heterocycles. The smallest absolute Gasteiger partial charge is 0.370 e. The summed E-state index contributed by atoms with van der Waals surface area (Å²) in [6.07, 6.45) is -4.20. The van der Waals surface area contributed by atoms with Gasteiger partial charge in [-0.25, -0.2) is 0 Å². The molecule has 0 bridgehead atoms. The van der Waals surface area contributed by atoms with Crippen molar-refractivity contribution >= 4 is 11.8 Å². The standard InChI is InChI=1S/C14H17F3N2O2/c1-2-10(11(13(19)21)7-12(18)20)8-3-5-9(6-4-8)14(15,16)17/h3-6,10-11H,2,7H2,1H3,(H2,18,20)(H2,19,21)/t10-,11?/m0/s1. The van der Waals surface area contributed by atoms with Crippen molar-refractivity contribution in [1.29, 1.82) is 0 Å². The lowest BCUT2D eigenvalue weighted by atomic mass is 9.81. The van der Waals surface area contributed by atoms with Crippen LogP contribution in [-0.4, -0.2) is 11.8 Å². The first-order chi connectivity index (χ1) is 9.66. The van der Waals surface area contributed by atoms with Crippen LogP contribution in [0.5, 0.6) is 0 Å². The van der Waals surface area contributed by atoms with E-state index in [0.29, 0.717) is 12.0 Å². The van der Waals surface area contributed by atoms with E-state index in [-0.39, 0.29) is 6.42 Å². The normalized spacial score (nSPS) is 14.5. The Morgan fingerprint density at radius 2 is 1.67 bits per heavy atom. The zero-order valence-corrected chi connectivity index (χ0v) is 11.5. The third-order valence-corrected chi connectivity index (χ3v) is 3.38. The van der Waals surface area contributed by atoms with Gasteiger partial charge in [0.25, 0.3) is 0 Å². The second-order valence-electron chi connectivity index (χ2n) is 4.81. The summed E-state index contributed by atoms with van der Waals surface area (Å²) in [5, 5.41) is 0. The lowest BCUT2D eigenvalue weighted by Gasteiger charge is -2.23. The van der Waals surface area contributed by atoms with Crippen molar-refractivity contribution in [2.45, 2.75) is 31.9 Å². The zero-order chi connectivity index (χ0) is 16.2. The SMILES string of the molecule is CC[C@@H](c1ccc(C(F)(F)F)cc1)C(CC(N)=O)C(N)=O. The summed E-state index contributed by atoms with van der Waals surface area (Å²) in [4.78, 5) is 22.5. The van der Waals surface area contributed by atoms with Gasteiger partial charge in [-0.05, 0) is 30.0 Å². The Kier molecular flexibility index (Phi) is 5.34. The van der Waals surface area contributed by atoms with Crippen molar-refractivity contribution in [3.8, 4) is 0 Å². The average molecular weight is 302 g/mol. The van der Waals surface area contributed by atoms with Crippen molar-refractivity contribution in [3.63, 3.8) is 0 Å². The Bertz CT molecular complexity index is 512. The maximum absolute atomic E-state index is 12.5. The Balaban J connectivity index is 3.08. The molecule has 4 N–H and O–H groups in total. The Labute approximate surface area is 120 Å². The van der Waals surface area contributed by atoms with Crippen LogP contribution in [0.25, 0.3) is 0 Å². The average Bonchev–Trinajstić information content (AvgIpc) is 2.37. The zero-order valence-electron chi connectivity index (χ0n) is 11.5. The fourth-order valence-corrected chi connectivity index (χ4v) is 2.33. The molecule has 0 aliphatic heterocycles. The van der Waals surface area contributed by atoms with Gasteiger partial charge in [0.05, 0.1) is 11.5 Å². The number of primary amides is 2. The summed E-state index contributed by atoms with van der Waals surface area (Å²) in [5.41, 5.74) is 10.1. The molecule has 0 aliphatic rings. The fraction of sp³-hybridized carbons (Fsp3) is 0.429. The molecule has 1 aromatic rings. The predicted molar refractivity (Wildman–Crippen MR) is 71.0 cm³/mol. The molecule has 4 nitrogen and oxygen atoms in total. The highest BCUT2D eigenvalue weighted by molar-refractivity contribution is 5.84. The van der Waals surface area contributed by atoms with Crippen molar-refractivity contribution in [2.75, 3.05) is 0 Å². The monoisotopic (exact) mass is 302 g/mol. The summed E-state index contributed by atoms with van der Waals surface area (Å²) in [6, 6.07) is 4.49. The molecule has 1 unspecified atom stereocenters. The summed E-state index contributed by atoms with van der Waals surface area (Å²) >= 11 is 0. The molecule has 0 spiro atoms. The summed E-state index contributed by atoms with van der Waals surface area (Å²) < 4.78 is 37.6. The van der Waals surface area contributed by atoms with Gasteiger partial charge in [-0.1, -0.05) is 19.1 Å². The van der Waals surface area contributed by atoms with Crippen molar-refractivity contribution in [1.82, 2.24) is 0 Å². The van der Waals surface area contributed by atoms with E-state index in [4.69, 9.17) is 11.5 Å². The van der Waals surface area contributed by atoms with Crippen LogP contribution in [-0.2, 0) is 15.8 Å². The minimum absolute atomic E-state index is 0.227. The van der Waals surface area contributed by atoms with Gasteiger partial charge in [0.15, 0.2) is 0 Å². The number of alkyl halides is 3. The topological polar surface area (TPSA) is 86.2 Å². The molecule has 0 aliphatic carbocycles. The van der Waals surface area contributed by atoms with E-state index in [1.807, 2.05) is 0 Å². The molecule has 0 fully saturated rings. The van der Waals surface area contributed by atoms with Crippen LogP contribution in [0.1, 0.15) is 36.8 Å². The number of halogens is 3. The minimum Gasteiger partial charge on any atom is -0.370 e. The van der Waals surface area contributed by atoms with Crippen molar-refractivity contribution < 1.29 is 22.8 Å². The van der Waals surface area contributed by atoms with Crippen LogP contribution in [0, 0.1) is 5.92 Å². The number of carbonyl (C=O) groups is 2. The Morgan fingerprint density at radius 3 is 2.00 bits per heavy atom. The Morgan fingerprint density at radius 1 is 1.14 bits per heavy atom. The second kappa shape index (κ2) is 6.60. The van der Waals surface area contributed by atoms with Gasteiger partial charge in [0, 0.05) is 6.42 Å². The molecule has 1 rings (SSSR count). The van der Waals surface area contributed by atoms with Crippen LogP contribution in [0.15, 0.2) is 24.3 Å². The van der Waals surface area contributed by atoms with E-state index in [1.165, 1.54) is 12.1 Å². The molecule has 21 heavy (non-hydrogen) atoms. The van der Waals surface area contributed by atoms with E-state index >= 15 is 0 Å². The number of carbonyl (C=O) groups excluding carboxylic acids is 2. The molecule has 116 valence electrons. The molecule has 0 saturated heterocycles. The van der Waals surface area contributed by atoms with E-state index in [0.717, 1.165) is 12.1 Å². The van der Waals surface area contributed by atoms with Crippen LogP contribution in [0.2, 0.25) is 0 Å². The van der Waals surface area contributed by atoms with Gasteiger partial charge in [-0.2, -0.15) is 13.2 Å². The van der Waals surface area contributed by atoms with Gasteiger partial charge in [0.2, 0.25) is 11.8 Å². The first-order valence-electron chi connectivity index (χ1n) is 6.41. The largest absolute Gasteiger partial charge is 0.416 e. The van der Waals surface area contributed by atoms with Crippen LogP contribution >= 0.6 is 0 Å².